The van der Waals surface area contributed by atoms with Crippen LogP contribution in [0.4, 0.5) is 5.69 Å². The predicted molar refractivity (Wildman–Crippen MR) is 116 cm³/mol. The van der Waals surface area contributed by atoms with Crippen molar-refractivity contribution in [1.29, 1.82) is 0 Å². The van der Waals surface area contributed by atoms with Gasteiger partial charge in [0, 0.05) is 46.2 Å². The SMILES string of the molecule is Cc1c(C(=O)C(=O)Nc2ccncc2)c2cc(O)ccc2n1Cc1ccc(Cl)cc1. The third kappa shape index (κ3) is 3.77. The van der Waals surface area contributed by atoms with Gasteiger partial charge in [-0.1, -0.05) is 23.7 Å². The first kappa shape index (κ1) is 19.7. The van der Waals surface area contributed by atoms with Crippen LogP contribution in [0.5, 0.6) is 5.75 Å². The highest BCUT2D eigenvalue weighted by molar-refractivity contribution is 6.48. The van der Waals surface area contributed by atoms with Crippen molar-refractivity contribution in [1.82, 2.24) is 9.55 Å². The minimum atomic E-state index is -0.752. The summed E-state index contributed by atoms with van der Waals surface area (Å²) in [5.41, 5.74) is 3.13. The molecule has 1 amide bonds. The highest BCUT2D eigenvalue weighted by Crippen LogP contribution is 2.30. The van der Waals surface area contributed by atoms with Crippen molar-refractivity contribution in [3.8, 4) is 5.75 Å². The lowest BCUT2D eigenvalue weighted by Crippen LogP contribution is -2.23. The number of phenols is 1. The van der Waals surface area contributed by atoms with Crippen LogP contribution in [0.15, 0.2) is 67.0 Å². The molecule has 0 bridgehead atoms. The highest BCUT2D eigenvalue weighted by Gasteiger charge is 2.25. The lowest BCUT2D eigenvalue weighted by Gasteiger charge is -2.09. The first-order valence-corrected chi connectivity index (χ1v) is 9.64. The van der Waals surface area contributed by atoms with E-state index in [2.05, 4.69) is 10.3 Å². The van der Waals surface area contributed by atoms with Gasteiger partial charge in [-0.25, -0.2) is 0 Å². The van der Waals surface area contributed by atoms with E-state index < -0.39 is 11.7 Å². The third-order valence-corrected chi connectivity index (χ3v) is 5.18. The molecular formula is C23H18ClN3O3. The molecule has 0 saturated heterocycles. The fraction of sp³-hybridized carbons (Fsp3) is 0.0870. The number of aromatic nitrogens is 2. The van der Waals surface area contributed by atoms with Gasteiger partial charge in [0.05, 0.1) is 5.56 Å². The second-order valence-corrected chi connectivity index (χ2v) is 7.33. The zero-order valence-corrected chi connectivity index (χ0v) is 16.8. The molecule has 0 spiro atoms. The molecule has 6 nitrogen and oxygen atoms in total. The Morgan fingerprint density at radius 2 is 1.77 bits per heavy atom. The maximum Gasteiger partial charge on any atom is 0.296 e. The first-order chi connectivity index (χ1) is 14.4. The Morgan fingerprint density at radius 1 is 1.07 bits per heavy atom. The monoisotopic (exact) mass is 419 g/mol. The number of benzene rings is 2. The van der Waals surface area contributed by atoms with Gasteiger partial charge in [-0.05, 0) is 55.0 Å². The molecule has 0 atom stereocenters. The van der Waals surface area contributed by atoms with Crippen molar-refractivity contribution >= 4 is 39.9 Å². The number of hydrogen-bond donors (Lipinski definition) is 2. The van der Waals surface area contributed by atoms with Gasteiger partial charge in [-0.3, -0.25) is 14.6 Å². The van der Waals surface area contributed by atoms with Gasteiger partial charge in [0.1, 0.15) is 5.75 Å². The number of carbonyl (C=O) groups excluding carboxylic acids is 2. The second kappa shape index (κ2) is 8.00. The number of ketones is 1. The summed E-state index contributed by atoms with van der Waals surface area (Å²) in [6, 6.07) is 15.4. The Hall–Kier alpha value is -3.64. The summed E-state index contributed by atoms with van der Waals surface area (Å²) in [5.74, 6) is -1.40. The van der Waals surface area contributed by atoms with Gasteiger partial charge >= 0.3 is 0 Å². The number of hydrogen-bond acceptors (Lipinski definition) is 4. The average Bonchev–Trinajstić information content (AvgIpc) is 3.00. The Morgan fingerprint density at radius 3 is 2.47 bits per heavy atom. The van der Waals surface area contributed by atoms with Crippen LogP contribution in [-0.2, 0) is 11.3 Å². The molecule has 2 N–H and O–H groups in total. The number of carbonyl (C=O) groups is 2. The van der Waals surface area contributed by atoms with E-state index >= 15 is 0 Å². The smallest absolute Gasteiger partial charge is 0.296 e. The number of pyridine rings is 1. The molecule has 4 aromatic rings. The molecule has 2 aromatic heterocycles. The third-order valence-electron chi connectivity index (χ3n) is 4.93. The number of phenolic OH excluding ortho intramolecular Hbond substituents is 1. The van der Waals surface area contributed by atoms with Gasteiger partial charge in [-0.15, -0.1) is 0 Å². The van der Waals surface area contributed by atoms with Crippen LogP contribution in [0.3, 0.4) is 0 Å². The molecule has 150 valence electrons. The van der Waals surface area contributed by atoms with Crippen molar-refractivity contribution in [2.45, 2.75) is 13.5 Å². The van der Waals surface area contributed by atoms with Gasteiger partial charge in [0.25, 0.3) is 11.7 Å². The number of Topliss-reactive ketones (excluding diaryl/α,β-unsaturated/α-hetero) is 1. The van der Waals surface area contributed by atoms with E-state index in [1.165, 1.54) is 18.5 Å². The number of halogens is 1. The maximum absolute atomic E-state index is 13.1. The van der Waals surface area contributed by atoms with E-state index in [0.717, 1.165) is 11.1 Å². The molecule has 30 heavy (non-hydrogen) atoms. The summed E-state index contributed by atoms with van der Waals surface area (Å²) < 4.78 is 1.95. The van der Waals surface area contributed by atoms with E-state index in [4.69, 9.17) is 11.6 Å². The van der Waals surface area contributed by atoms with Crippen molar-refractivity contribution in [3.05, 3.63) is 88.8 Å². The number of rotatable bonds is 5. The van der Waals surface area contributed by atoms with E-state index in [1.54, 1.807) is 43.3 Å². The van der Waals surface area contributed by atoms with Crippen LogP contribution in [0.25, 0.3) is 10.9 Å². The number of anilines is 1. The Balaban J connectivity index is 1.76. The van der Waals surface area contributed by atoms with Crippen LogP contribution < -0.4 is 5.32 Å². The number of fused-ring (bicyclic) bond motifs is 1. The van der Waals surface area contributed by atoms with Crippen molar-refractivity contribution in [2.75, 3.05) is 5.32 Å². The number of aromatic hydroxyl groups is 1. The highest BCUT2D eigenvalue weighted by atomic mass is 35.5. The summed E-state index contributed by atoms with van der Waals surface area (Å²) in [6.45, 7) is 2.28. The van der Waals surface area contributed by atoms with Gasteiger partial charge in [-0.2, -0.15) is 0 Å². The lowest BCUT2D eigenvalue weighted by atomic mass is 10.1. The minimum absolute atomic E-state index is 0.0229. The summed E-state index contributed by atoms with van der Waals surface area (Å²) in [5, 5.41) is 13.7. The first-order valence-electron chi connectivity index (χ1n) is 9.26. The Labute approximate surface area is 177 Å². The molecule has 4 rings (SSSR count). The van der Waals surface area contributed by atoms with Gasteiger partial charge < -0.3 is 15.0 Å². The normalized spacial score (nSPS) is 10.9. The fourth-order valence-electron chi connectivity index (χ4n) is 3.47. The molecule has 0 unspecified atom stereocenters. The van der Waals surface area contributed by atoms with Crippen molar-refractivity contribution in [2.24, 2.45) is 0 Å². The Kier molecular flexibility index (Phi) is 5.25. The predicted octanol–water partition coefficient (Wildman–Crippen LogP) is 4.57. The quantitative estimate of drug-likeness (QED) is 0.366. The van der Waals surface area contributed by atoms with Crippen LogP contribution in [0.2, 0.25) is 5.02 Å². The molecule has 0 fully saturated rings. The largest absolute Gasteiger partial charge is 0.508 e. The lowest BCUT2D eigenvalue weighted by molar-refractivity contribution is -0.112. The molecule has 0 radical (unpaired) electrons. The number of amides is 1. The van der Waals surface area contributed by atoms with Crippen LogP contribution in [-0.4, -0.2) is 26.3 Å². The zero-order chi connectivity index (χ0) is 21.3. The summed E-state index contributed by atoms with van der Waals surface area (Å²) >= 11 is 5.98. The van der Waals surface area contributed by atoms with E-state index in [0.29, 0.717) is 28.3 Å². The van der Waals surface area contributed by atoms with E-state index in [9.17, 15) is 14.7 Å². The van der Waals surface area contributed by atoms with Gasteiger partial charge in [0.15, 0.2) is 0 Å². The van der Waals surface area contributed by atoms with Gasteiger partial charge in [0.2, 0.25) is 0 Å². The molecule has 0 aliphatic heterocycles. The van der Waals surface area contributed by atoms with Crippen LogP contribution >= 0.6 is 11.6 Å². The Bertz CT molecular complexity index is 1250. The zero-order valence-electron chi connectivity index (χ0n) is 16.1. The maximum atomic E-state index is 13.1. The molecule has 7 heteroatoms. The molecule has 0 aliphatic carbocycles. The van der Waals surface area contributed by atoms with Crippen LogP contribution in [0.1, 0.15) is 21.6 Å². The average molecular weight is 420 g/mol. The van der Waals surface area contributed by atoms with Crippen molar-refractivity contribution in [3.63, 3.8) is 0 Å². The summed E-state index contributed by atoms with van der Waals surface area (Å²) in [6.07, 6.45) is 3.06. The standard InChI is InChI=1S/C23H18ClN3O3/c1-14-21(22(29)23(30)26-17-8-10-25-11-9-17)19-12-18(28)6-7-20(19)27(14)13-15-2-4-16(24)5-3-15/h2-12,28H,13H2,1H3,(H,25,26,30). The minimum Gasteiger partial charge on any atom is -0.508 e. The van der Waals surface area contributed by atoms with E-state index in [-0.39, 0.29) is 11.3 Å². The summed E-state index contributed by atoms with van der Waals surface area (Å²) in [7, 11) is 0. The molecular weight excluding hydrogens is 402 g/mol. The molecule has 0 saturated carbocycles. The second-order valence-electron chi connectivity index (χ2n) is 6.89. The fourth-order valence-corrected chi connectivity index (χ4v) is 3.60. The van der Waals surface area contributed by atoms with E-state index in [1.807, 2.05) is 16.7 Å². The van der Waals surface area contributed by atoms with Crippen LogP contribution in [0, 0.1) is 6.92 Å². The number of nitrogens with one attached hydrogen (secondary N) is 1. The van der Waals surface area contributed by atoms with Crippen molar-refractivity contribution < 1.29 is 14.7 Å². The molecule has 0 aliphatic rings. The topological polar surface area (TPSA) is 84.2 Å². The molecule has 2 aromatic carbocycles. The summed E-state index contributed by atoms with van der Waals surface area (Å²) in [4.78, 5) is 29.6. The molecule has 2 heterocycles. The number of nitrogens with zero attached hydrogens (tertiary/aromatic N) is 2.